The molecule has 1 amide bonds. The first-order valence-electron chi connectivity index (χ1n) is 12.3. The lowest BCUT2D eigenvalue weighted by atomic mass is 10.0. The van der Waals surface area contributed by atoms with Gasteiger partial charge in [0.1, 0.15) is 0 Å². The monoisotopic (exact) mass is 501 g/mol. The van der Waals surface area contributed by atoms with Crippen LogP contribution in [0.15, 0.2) is 66.7 Å². The van der Waals surface area contributed by atoms with Crippen molar-refractivity contribution in [2.75, 3.05) is 44.3 Å². The lowest BCUT2D eigenvalue weighted by Crippen LogP contribution is -2.56. The molecule has 3 heterocycles. The molecule has 36 heavy (non-hydrogen) atoms. The Morgan fingerprint density at radius 1 is 1.03 bits per heavy atom. The Morgan fingerprint density at radius 2 is 1.81 bits per heavy atom. The lowest BCUT2D eigenvalue weighted by Gasteiger charge is -2.43. The van der Waals surface area contributed by atoms with E-state index in [1.807, 2.05) is 42.5 Å². The third-order valence-electron chi connectivity index (χ3n) is 7.18. The predicted octanol–water partition coefficient (Wildman–Crippen LogP) is 4.33. The van der Waals surface area contributed by atoms with Gasteiger partial charge in [-0.15, -0.1) is 0 Å². The number of H-pyrrole nitrogens is 1. The number of aromatic nitrogens is 2. The van der Waals surface area contributed by atoms with Crippen LogP contribution in [0.4, 0.5) is 5.69 Å². The van der Waals surface area contributed by atoms with Gasteiger partial charge in [-0.2, -0.15) is 5.10 Å². The molecule has 2 aliphatic heterocycles. The summed E-state index contributed by atoms with van der Waals surface area (Å²) in [6.07, 6.45) is 0. The molecule has 1 aromatic heterocycles. The summed E-state index contributed by atoms with van der Waals surface area (Å²) in [5, 5.41) is 12.2. The molecule has 2 aliphatic rings. The van der Waals surface area contributed by atoms with E-state index in [9.17, 15) is 4.79 Å². The molecule has 2 N–H and O–H groups in total. The number of amides is 1. The number of nitrogens with zero attached hydrogens (tertiary/aromatic N) is 3. The van der Waals surface area contributed by atoms with E-state index in [-0.39, 0.29) is 5.91 Å². The molecule has 0 atom stereocenters. The number of benzene rings is 3. The maximum absolute atomic E-state index is 12.8. The zero-order valence-corrected chi connectivity index (χ0v) is 20.7. The summed E-state index contributed by atoms with van der Waals surface area (Å²) in [6, 6.07) is 22.3. The smallest absolute Gasteiger partial charge is 0.251 e. The van der Waals surface area contributed by atoms with E-state index in [1.54, 1.807) is 0 Å². The van der Waals surface area contributed by atoms with Crippen LogP contribution >= 0.6 is 11.6 Å². The van der Waals surface area contributed by atoms with Gasteiger partial charge in [-0.3, -0.25) is 14.8 Å². The molecule has 0 radical (unpaired) electrons. The van der Waals surface area contributed by atoms with E-state index >= 15 is 0 Å². The van der Waals surface area contributed by atoms with Gasteiger partial charge in [0.05, 0.1) is 30.5 Å². The van der Waals surface area contributed by atoms with Crippen molar-refractivity contribution in [3.8, 4) is 11.3 Å². The summed E-state index contributed by atoms with van der Waals surface area (Å²) in [5.74, 6) is -0.146. The van der Waals surface area contributed by atoms with E-state index in [0.29, 0.717) is 23.2 Å². The minimum Gasteiger partial charge on any atom is -0.378 e. The average Bonchev–Trinajstić information content (AvgIpc) is 3.31. The molecule has 3 aromatic carbocycles. The number of ether oxygens (including phenoxy) is 1. The zero-order chi connectivity index (χ0) is 24.5. The van der Waals surface area contributed by atoms with Gasteiger partial charge in [-0.25, -0.2) is 0 Å². The molecule has 8 heteroatoms. The van der Waals surface area contributed by atoms with Crippen molar-refractivity contribution in [2.45, 2.75) is 12.6 Å². The third kappa shape index (κ3) is 4.57. The van der Waals surface area contributed by atoms with E-state index < -0.39 is 0 Å². The topological polar surface area (TPSA) is 73.5 Å². The van der Waals surface area contributed by atoms with Gasteiger partial charge < -0.3 is 15.0 Å². The van der Waals surface area contributed by atoms with Crippen LogP contribution in [0.1, 0.15) is 15.9 Å². The number of piperazine rings is 1. The molecule has 0 aliphatic carbocycles. The standard InChI is InChI=1S/C28H28ClN5O2/c29-25-4-2-1-3-21(25)16-30-28(35)20-7-10-26-24(15-20)27(32-31-26)19-5-8-22(9-6-19)33-11-13-34(14-12-33)23-17-36-18-23/h1-10,15,23H,11-14,16-18H2,(H,30,35)(H,31,32). The van der Waals surface area contributed by atoms with E-state index in [0.717, 1.165) is 67.1 Å². The molecular weight excluding hydrogens is 474 g/mol. The van der Waals surface area contributed by atoms with Crippen molar-refractivity contribution in [3.05, 3.63) is 82.9 Å². The molecule has 4 aromatic rings. The highest BCUT2D eigenvalue weighted by Crippen LogP contribution is 2.29. The molecule has 0 saturated carbocycles. The first-order chi connectivity index (χ1) is 17.7. The number of nitrogens with one attached hydrogen (secondary N) is 2. The second-order valence-corrected chi connectivity index (χ2v) is 9.78. The van der Waals surface area contributed by atoms with E-state index in [2.05, 4.69) is 49.6 Å². The summed E-state index contributed by atoms with van der Waals surface area (Å²) in [6.45, 7) is 6.30. The minimum absolute atomic E-state index is 0.146. The zero-order valence-electron chi connectivity index (χ0n) is 19.9. The molecule has 2 fully saturated rings. The van der Waals surface area contributed by atoms with Crippen LogP contribution in [-0.2, 0) is 11.3 Å². The highest BCUT2D eigenvalue weighted by molar-refractivity contribution is 6.31. The molecular formula is C28H28ClN5O2. The van der Waals surface area contributed by atoms with Gasteiger partial charge in [0.25, 0.3) is 5.91 Å². The fraction of sp³-hybridized carbons (Fsp3) is 0.286. The van der Waals surface area contributed by atoms with E-state index in [1.165, 1.54) is 5.69 Å². The number of rotatable bonds is 6. The van der Waals surface area contributed by atoms with Crippen molar-refractivity contribution in [3.63, 3.8) is 0 Å². The Kier molecular flexibility index (Phi) is 6.35. The second kappa shape index (κ2) is 9.93. The maximum atomic E-state index is 12.8. The van der Waals surface area contributed by atoms with Gasteiger partial charge >= 0.3 is 0 Å². The van der Waals surface area contributed by atoms with Crippen LogP contribution in [0, 0.1) is 0 Å². The number of carbonyl (C=O) groups is 1. The fourth-order valence-corrected chi connectivity index (χ4v) is 5.11. The Labute approximate surface area is 215 Å². The van der Waals surface area contributed by atoms with Gasteiger partial charge in [0, 0.05) is 59.9 Å². The minimum atomic E-state index is -0.146. The molecule has 7 nitrogen and oxygen atoms in total. The number of hydrogen-bond acceptors (Lipinski definition) is 5. The summed E-state index contributed by atoms with van der Waals surface area (Å²) >= 11 is 6.22. The maximum Gasteiger partial charge on any atom is 0.251 e. The van der Waals surface area contributed by atoms with Gasteiger partial charge in [-0.05, 0) is 42.0 Å². The van der Waals surface area contributed by atoms with Crippen LogP contribution in [0.2, 0.25) is 5.02 Å². The van der Waals surface area contributed by atoms with Gasteiger partial charge in [0.15, 0.2) is 0 Å². The van der Waals surface area contributed by atoms with Crippen molar-refractivity contribution in [2.24, 2.45) is 0 Å². The van der Waals surface area contributed by atoms with E-state index in [4.69, 9.17) is 16.3 Å². The first kappa shape index (κ1) is 23.0. The molecule has 0 spiro atoms. The number of hydrogen-bond donors (Lipinski definition) is 2. The number of carbonyl (C=O) groups excluding carboxylic acids is 1. The quantitative estimate of drug-likeness (QED) is 0.411. The van der Waals surface area contributed by atoms with Crippen LogP contribution < -0.4 is 10.2 Å². The Hall–Kier alpha value is -3.39. The Bertz CT molecular complexity index is 1370. The summed E-state index contributed by atoms with van der Waals surface area (Å²) in [5.41, 5.74) is 5.45. The van der Waals surface area contributed by atoms with Crippen molar-refractivity contribution in [1.29, 1.82) is 0 Å². The first-order valence-corrected chi connectivity index (χ1v) is 12.7. The molecule has 184 valence electrons. The number of halogens is 1. The second-order valence-electron chi connectivity index (χ2n) is 9.37. The molecule has 0 unspecified atom stereocenters. The van der Waals surface area contributed by atoms with Crippen LogP contribution in [0.3, 0.4) is 0 Å². The summed E-state index contributed by atoms with van der Waals surface area (Å²) in [4.78, 5) is 17.8. The van der Waals surface area contributed by atoms with Crippen LogP contribution in [0.5, 0.6) is 0 Å². The van der Waals surface area contributed by atoms with Crippen molar-refractivity contribution in [1.82, 2.24) is 20.4 Å². The highest BCUT2D eigenvalue weighted by atomic mass is 35.5. The largest absolute Gasteiger partial charge is 0.378 e. The molecule has 6 rings (SSSR count). The van der Waals surface area contributed by atoms with Gasteiger partial charge in [-0.1, -0.05) is 41.9 Å². The van der Waals surface area contributed by atoms with Crippen molar-refractivity contribution < 1.29 is 9.53 Å². The SMILES string of the molecule is O=C(NCc1ccccc1Cl)c1ccc2[nH]nc(-c3ccc(N4CCN(C5COC5)CC4)cc3)c2c1. The van der Waals surface area contributed by atoms with Crippen LogP contribution in [0.25, 0.3) is 22.2 Å². The number of fused-ring (bicyclic) bond motifs is 1. The predicted molar refractivity (Wildman–Crippen MR) is 143 cm³/mol. The number of aromatic amines is 1. The lowest BCUT2D eigenvalue weighted by molar-refractivity contribution is -0.0660. The highest BCUT2D eigenvalue weighted by Gasteiger charge is 2.28. The third-order valence-corrected chi connectivity index (χ3v) is 7.55. The van der Waals surface area contributed by atoms with Crippen molar-refractivity contribution >= 4 is 34.1 Å². The average molecular weight is 502 g/mol. The Morgan fingerprint density at radius 3 is 2.53 bits per heavy atom. The normalized spacial score (nSPS) is 16.8. The Balaban J connectivity index is 1.16. The molecule has 0 bridgehead atoms. The number of anilines is 1. The molecule has 2 saturated heterocycles. The summed E-state index contributed by atoms with van der Waals surface area (Å²) < 4.78 is 5.34. The fourth-order valence-electron chi connectivity index (χ4n) is 4.90. The van der Waals surface area contributed by atoms with Gasteiger partial charge in [0.2, 0.25) is 0 Å². The van der Waals surface area contributed by atoms with Crippen LogP contribution in [-0.4, -0.2) is 66.4 Å². The summed E-state index contributed by atoms with van der Waals surface area (Å²) in [7, 11) is 0.